The van der Waals surface area contributed by atoms with Gasteiger partial charge in [-0.2, -0.15) is 0 Å². The van der Waals surface area contributed by atoms with Crippen molar-refractivity contribution in [2.24, 2.45) is 0 Å². The zero-order valence-corrected chi connectivity index (χ0v) is 9.57. The Morgan fingerprint density at radius 1 is 1.24 bits per heavy atom. The predicted molar refractivity (Wildman–Crippen MR) is 65.1 cm³/mol. The molecule has 0 fully saturated rings. The van der Waals surface area contributed by atoms with Gasteiger partial charge >= 0.3 is 0 Å². The topological polar surface area (TPSA) is 72.2 Å². The number of hydrogen-bond donors (Lipinski definition) is 2. The van der Waals surface area contributed by atoms with Gasteiger partial charge in [0.05, 0.1) is 5.41 Å². The molecule has 1 unspecified atom stereocenters. The van der Waals surface area contributed by atoms with Crippen molar-refractivity contribution in [1.82, 2.24) is 5.32 Å². The summed E-state index contributed by atoms with van der Waals surface area (Å²) in [5.74, 6) is -0.646. The highest BCUT2D eigenvalue weighted by molar-refractivity contribution is 6.09. The molecule has 0 aliphatic carbocycles. The molecule has 4 heteroatoms. The standard InChI is InChI=1S/C13H14N2O2/c1-2-13(8-7-11(16)15-12(13)17)9-3-5-10(14)6-4-9/h3-8H,2,14H2,1H3,(H,15,16,17). The van der Waals surface area contributed by atoms with Crippen molar-refractivity contribution in [2.45, 2.75) is 18.8 Å². The number of imide groups is 1. The molecule has 0 bridgehead atoms. The Bertz CT molecular complexity index is 491. The smallest absolute Gasteiger partial charge is 0.250 e. The fourth-order valence-electron chi connectivity index (χ4n) is 2.05. The van der Waals surface area contributed by atoms with E-state index in [9.17, 15) is 9.59 Å². The number of nitrogens with one attached hydrogen (secondary N) is 1. The molecule has 1 aromatic rings. The summed E-state index contributed by atoms with van der Waals surface area (Å²) in [6.07, 6.45) is 3.66. The van der Waals surface area contributed by atoms with Crippen LogP contribution >= 0.6 is 0 Å². The van der Waals surface area contributed by atoms with Gasteiger partial charge in [0.25, 0.3) is 0 Å². The Labute approximate surface area is 99.5 Å². The fraction of sp³-hybridized carbons (Fsp3) is 0.231. The Morgan fingerprint density at radius 3 is 2.41 bits per heavy atom. The lowest BCUT2D eigenvalue weighted by atomic mass is 9.75. The molecule has 0 aromatic heterocycles. The average Bonchev–Trinajstić information content (AvgIpc) is 2.31. The SMILES string of the molecule is CCC1(c2ccc(N)cc2)C=CC(=O)NC1=O. The van der Waals surface area contributed by atoms with E-state index in [-0.39, 0.29) is 11.8 Å². The summed E-state index contributed by atoms with van der Waals surface area (Å²) in [5, 5.41) is 2.34. The number of carbonyl (C=O) groups is 2. The second-order valence-electron chi connectivity index (χ2n) is 4.10. The van der Waals surface area contributed by atoms with E-state index in [1.807, 2.05) is 19.1 Å². The summed E-state index contributed by atoms with van der Waals surface area (Å²) in [6.45, 7) is 1.91. The summed E-state index contributed by atoms with van der Waals surface area (Å²) in [5.41, 5.74) is 6.35. The van der Waals surface area contributed by atoms with Crippen molar-refractivity contribution < 1.29 is 9.59 Å². The minimum Gasteiger partial charge on any atom is -0.399 e. The zero-order valence-electron chi connectivity index (χ0n) is 9.57. The van der Waals surface area contributed by atoms with Gasteiger partial charge < -0.3 is 5.73 Å². The second kappa shape index (κ2) is 4.05. The number of carbonyl (C=O) groups excluding carboxylic acids is 2. The van der Waals surface area contributed by atoms with Crippen LogP contribution in [0.1, 0.15) is 18.9 Å². The van der Waals surface area contributed by atoms with E-state index in [4.69, 9.17) is 5.73 Å². The van der Waals surface area contributed by atoms with Crippen molar-refractivity contribution >= 4 is 17.5 Å². The highest BCUT2D eigenvalue weighted by Crippen LogP contribution is 2.32. The minimum absolute atomic E-state index is 0.280. The number of rotatable bonds is 2. The normalized spacial score (nSPS) is 23.6. The van der Waals surface area contributed by atoms with Crippen LogP contribution in [0.4, 0.5) is 5.69 Å². The van der Waals surface area contributed by atoms with Crippen LogP contribution in [0.2, 0.25) is 0 Å². The predicted octanol–water partition coefficient (Wildman–Crippen LogP) is 1.13. The summed E-state index contributed by atoms with van der Waals surface area (Å²) in [6, 6.07) is 7.14. The summed E-state index contributed by atoms with van der Waals surface area (Å²) >= 11 is 0. The maximum atomic E-state index is 12.0. The van der Waals surface area contributed by atoms with Gasteiger partial charge in [-0.05, 0) is 24.1 Å². The number of nitrogens with two attached hydrogens (primary N) is 1. The molecular weight excluding hydrogens is 216 g/mol. The monoisotopic (exact) mass is 230 g/mol. The lowest BCUT2D eigenvalue weighted by Gasteiger charge is -2.30. The number of amides is 2. The Morgan fingerprint density at radius 2 is 1.88 bits per heavy atom. The second-order valence-corrected chi connectivity index (χ2v) is 4.10. The van der Waals surface area contributed by atoms with Crippen molar-refractivity contribution in [1.29, 1.82) is 0 Å². The number of nitrogen functional groups attached to an aromatic ring is 1. The van der Waals surface area contributed by atoms with E-state index in [2.05, 4.69) is 5.32 Å². The third-order valence-electron chi connectivity index (χ3n) is 3.14. The molecule has 2 rings (SSSR count). The minimum atomic E-state index is -0.762. The highest BCUT2D eigenvalue weighted by atomic mass is 16.2. The zero-order chi connectivity index (χ0) is 12.5. The largest absolute Gasteiger partial charge is 0.399 e. The van der Waals surface area contributed by atoms with Gasteiger partial charge in [-0.25, -0.2) is 0 Å². The lowest BCUT2D eigenvalue weighted by Crippen LogP contribution is -2.48. The molecule has 0 saturated heterocycles. The number of benzene rings is 1. The average molecular weight is 230 g/mol. The summed E-state index contributed by atoms with van der Waals surface area (Å²) in [4.78, 5) is 23.2. The van der Waals surface area contributed by atoms with E-state index in [1.165, 1.54) is 6.08 Å². The van der Waals surface area contributed by atoms with Crippen molar-refractivity contribution in [3.63, 3.8) is 0 Å². The van der Waals surface area contributed by atoms with Gasteiger partial charge in [0.15, 0.2) is 0 Å². The molecule has 3 N–H and O–H groups in total. The highest BCUT2D eigenvalue weighted by Gasteiger charge is 2.39. The van der Waals surface area contributed by atoms with Gasteiger partial charge in [-0.15, -0.1) is 0 Å². The van der Waals surface area contributed by atoms with E-state index >= 15 is 0 Å². The Balaban J connectivity index is 2.51. The van der Waals surface area contributed by atoms with Crippen LogP contribution in [-0.4, -0.2) is 11.8 Å². The molecule has 0 radical (unpaired) electrons. The molecule has 1 heterocycles. The summed E-state index contributed by atoms with van der Waals surface area (Å²) in [7, 11) is 0. The van der Waals surface area contributed by atoms with E-state index < -0.39 is 5.41 Å². The van der Waals surface area contributed by atoms with Crippen molar-refractivity contribution in [2.75, 3.05) is 5.73 Å². The Hall–Kier alpha value is -2.10. The first-order valence-electron chi connectivity index (χ1n) is 5.49. The first-order chi connectivity index (χ1) is 8.08. The van der Waals surface area contributed by atoms with Crippen molar-refractivity contribution in [3.8, 4) is 0 Å². The van der Waals surface area contributed by atoms with Gasteiger partial charge in [-0.1, -0.05) is 25.1 Å². The molecule has 1 aliphatic heterocycles. The molecule has 1 aromatic carbocycles. The van der Waals surface area contributed by atoms with Gasteiger partial charge in [0, 0.05) is 11.8 Å². The molecule has 1 aliphatic rings. The third kappa shape index (κ3) is 1.82. The maximum Gasteiger partial charge on any atom is 0.250 e. The van der Waals surface area contributed by atoms with Gasteiger partial charge in [-0.3, -0.25) is 14.9 Å². The van der Waals surface area contributed by atoms with Crippen LogP contribution in [0.5, 0.6) is 0 Å². The third-order valence-corrected chi connectivity index (χ3v) is 3.14. The van der Waals surface area contributed by atoms with Crippen LogP contribution in [0.3, 0.4) is 0 Å². The number of anilines is 1. The molecule has 88 valence electrons. The fourth-order valence-corrected chi connectivity index (χ4v) is 2.05. The van der Waals surface area contributed by atoms with Gasteiger partial charge in [0.2, 0.25) is 11.8 Å². The molecular formula is C13H14N2O2. The van der Waals surface area contributed by atoms with Gasteiger partial charge in [0.1, 0.15) is 0 Å². The molecule has 0 saturated carbocycles. The molecule has 17 heavy (non-hydrogen) atoms. The Kier molecular flexibility index (Phi) is 2.71. The maximum absolute atomic E-state index is 12.0. The van der Waals surface area contributed by atoms with Crippen LogP contribution in [-0.2, 0) is 15.0 Å². The van der Waals surface area contributed by atoms with E-state index in [0.29, 0.717) is 12.1 Å². The lowest BCUT2D eigenvalue weighted by molar-refractivity contribution is -0.132. The number of hydrogen-bond acceptors (Lipinski definition) is 3. The molecule has 1 atom stereocenters. The first kappa shape index (κ1) is 11.4. The molecule has 4 nitrogen and oxygen atoms in total. The van der Waals surface area contributed by atoms with Crippen LogP contribution in [0.15, 0.2) is 36.4 Å². The van der Waals surface area contributed by atoms with Crippen molar-refractivity contribution in [3.05, 3.63) is 42.0 Å². The first-order valence-corrected chi connectivity index (χ1v) is 5.49. The van der Waals surface area contributed by atoms with Crippen LogP contribution in [0.25, 0.3) is 0 Å². The van der Waals surface area contributed by atoms with E-state index in [1.54, 1.807) is 18.2 Å². The molecule has 2 amide bonds. The van der Waals surface area contributed by atoms with Crippen LogP contribution < -0.4 is 11.1 Å². The van der Waals surface area contributed by atoms with E-state index in [0.717, 1.165) is 5.56 Å². The summed E-state index contributed by atoms with van der Waals surface area (Å²) < 4.78 is 0. The quantitative estimate of drug-likeness (QED) is 0.591. The van der Waals surface area contributed by atoms with Crippen LogP contribution in [0, 0.1) is 0 Å². The molecule has 0 spiro atoms.